The van der Waals surface area contributed by atoms with Gasteiger partial charge >= 0.3 is 5.97 Å². The van der Waals surface area contributed by atoms with Gasteiger partial charge < -0.3 is 5.11 Å². The van der Waals surface area contributed by atoms with Gasteiger partial charge in [0.15, 0.2) is 0 Å². The molecule has 0 heterocycles. The Labute approximate surface area is 86.0 Å². The van der Waals surface area contributed by atoms with Crippen LogP contribution in [-0.2, 0) is 4.79 Å². The van der Waals surface area contributed by atoms with Crippen molar-refractivity contribution in [3.63, 3.8) is 0 Å². The molecule has 1 N–H and O–H groups in total. The molecule has 0 aromatic rings. The molecule has 1 aliphatic rings. The summed E-state index contributed by atoms with van der Waals surface area (Å²) in [5.41, 5.74) is 2.11. The van der Waals surface area contributed by atoms with Crippen LogP contribution in [0, 0.1) is 11.3 Å². The highest BCUT2D eigenvalue weighted by Gasteiger charge is 2.43. The highest BCUT2D eigenvalue weighted by molar-refractivity contribution is 5.75. The first-order chi connectivity index (χ1) is 6.41. The number of carbonyl (C=O) groups is 1. The first kappa shape index (κ1) is 11.3. The van der Waals surface area contributed by atoms with Crippen molar-refractivity contribution in [2.24, 2.45) is 11.3 Å². The Morgan fingerprint density at radius 1 is 1.50 bits per heavy atom. The van der Waals surface area contributed by atoms with Crippen molar-refractivity contribution in [2.45, 2.75) is 47.0 Å². The summed E-state index contributed by atoms with van der Waals surface area (Å²) >= 11 is 0. The number of carboxylic acids is 1. The third-order valence-electron chi connectivity index (χ3n) is 3.80. The molecular weight excluding hydrogens is 176 g/mol. The van der Waals surface area contributed by atoms with Gasteiger partial charge in [0.05, 0.1) is 5.41 Å². The largest absolute Gasteiger partial charge is 0.481 e. The van der Waals surface area contributed by atoms with Crippen LogP contribution in [0.5, 0.6) is 0 Å². The number of rotatable bonds is 2. The fourth-order valence-corrected chi connectivity index (χ4v) is 2.46. The number of hydrogen-bond acceptors (Lipinski definition) is 1. The third-order valence-corrected chi connectivity index (χ3v) is 3.80. The molecule has 0 bridgehead atoms. The molecule has 0 fully saturated rings. The minimum absolute atomic E-state index is 0.295. The highest BCUT2D eigenvalue weighted by atomic mass is 16.4. The SMILES string of the molecule is CC[C@@H]1CC(C)=C(C)C[C@@]1(C)C(=O)O. The van der Waals surface area contributed by atoms with E-state index in [2.05, 4.69) is 20.8 Å². The molecule has 0 aliphatic heterocycles. The molecule has 2 nitrogen and oxygen atoms in total. The smallest absolute Gasteiger partial charge is 0.309 e. The van der Waals surface area contributed by atoms with Gasteiger partial charge in [0.2, 0.25) is 0 Å². The zero-order chi connectivity index (χ0) is 10.9. The lowest BCUT2D eigenvalue weighted by molar-refractivity contribution is -0.152. The predicted octanol–water partition coefficient (Wildman–Crippen LogP) is 3.23. The number of carboxylic acid groups (broad SMARTS) is 1. The van der Waals surface area contributed by atoms with E-state index in [9.17, 15) is 9.90 Å². The average molecular weight is 196 g/mol. The van der Waals surface area contributed by atoms with E-state index in [1.54, 1.807) is 0 Å². The quantitative estimate of drug-likeness (QED) is 0.688. The van der Waals surface area contributed by atoms with Gasteiger partial charge in [-0.3, -0.25) is 4.79 Å². The van der Waals surface area contributed by atoms with Crippen LogP contribution in [0.2, 0.25) is 0 Å². The summed E-state index contributed by atoms with van der Waals surface area (Å²) < 4.78 is 0. The molecular formula is C12H20O2. The van der Waals surface area contributed by atoms with Crippen LogP contribution in [-0.4, -0.2) is 11.1 Å². The van der Waals surface area contributed by atoms with Gasteiger partial charge in [-0.25, -0.2) is 0 Å². The van der Waals surface area contributed by atoms with E-state index in [-0.39, 0.29) is 0 Å². The fourth-order valence-electron chi connectivity index (χ4n) is 2.46. The van der Waals surface area contributed by atoms with E-state index in [4.69, 9.17) is 0 Å². The van der Waals surface area contributed by atoms with Crippen molar-refractivity contribution in [3.05, 3.63) is 11.1 Å². The molecule has 0 aromatic heterocycles. The summed E-state index contributed by atoms with van der Waals surface area (Å²) in [7, 11) is 0. The number of hydrogen-bond donors (Lipinski definition) is 1. The molecule has 80 valence electrons. The maximum atomic E-state index is 11.3. The molecule has 0 unspecified atom stereocenters. The van der Waals surface area contributed by atoms with Crippen LogP contribution in [0.3, 0.4) is 0 Å². The second-order valence-corrected chi connectivity index (χ2v) is 4.77. The first-order valence-electron chi connectivity index (χ1n) is 5.30. The summed E-state index contributed by atoms with van der Waals surface area (Å²) in [6.45, 7) is 8.15. The summed E-state index contributed by atoms with van der Waals surface area (Å²) in [5.74, 6) is -0.347. The Kier molecular flexibility index (Phi) is 3.03. The Balaban J connectivity index is 3.02. The van der Waals surface area contributed by atoms with Crippen LogP contribution in [0.1, 0.15) is 47.0 Å². The van der Waals surface area contributed by atoms with Crippen molar-refractivity contribution >= 4 is 5.97 Å². The Morgan fingerprint density at radius 2 is 2.07 bits per heavy atom. The van der Waals surface area contributed by atoms with Crippen molar-refractivity contribution in [1.29, 1.82) is 0 Å². The summed E-state index contributed by atoms with van der Waals surface area (Å²) in [6, 6.07) is 0. The molecule has 0 saturated carbocycles. The lowest BCUT2D eigenvalue weighted by Gasteiger charge is -2.38. The standard InChI is InChI=1S/C12H20O2/c1-5-10-6-8(2)9(3)7-12(10,4)11(13)14/h10H,5-7H2,1-4H3,(H,13,14)/t10-,12-/m1/s1. The van der Waals surface area contributed by atoms with E-state index in [1.807, 2.05) is 6.92 Å². The zero-order valence-corrected chi connectivity index (χ0v) is 9.55. The maximum Gasteiger partial charge on any atom is 0.309 e. The minimum Gasteiger partial charge on any atom is -0.481 e. The van der Waals surface area contributed by atoms with Gasteiger partial charge in [0.1, 0.15) is 0 Å². The first-order valence-corrected chi connectivity index (χ1v) is 5.30. The topological polar surface area (TPSA) is 37.3 Å². The second kappa shape index (κ2) is 3.76. The van der Waals surface area contributed by atoms with E-state index in [0.29, 0.717) is 12.3 Å². The molecule has 1 aliphatic carbocycles. The lowest BCUT2D eigenvalue weighted by atomic mass is 9.65. The van der Waals surface area contributed by atoms with Gasteiger partial charge in [-0.1, -0.05) is 24.5 Å². The van der Waals surface area contributed by atoms with Gasteiger partial charge in [0, 0.05) is 0 Å². The monoisotopic (exact) mass is 196 g/mol. The molecule has 0 amide bonds. The molecule has 0 saturated heterocycles. The molecule has 2 heteroatoms. The zero-order valence-electron chi connectivity index (χ0n) is 9.55. The van der Waals surface area contributed by atoms with Crippen molar-refractivity contribution in [1.82, 2.24) is 0 Å². The van der Waals surface area contributed by atoms with E-state index >= 15 is 0 Å². The average Bonchev–Trinajstić information content (AvgIpc) is 2.11. The Morgan fingerprint density at radius 3 is 2.50 bits per heavy atom. The Hall–Kier alpha value is -0.790. The van der Waals surface area contributed by atoms with Crippen molar-refractivity contribution < 1.29 is 9.90 Å². The molecule has 14 heavy (non-hydrogen) atoms. The third kappa shape index (κ3) is 1.70. The van der Waals surface area contributed by atoms with Gasteiger partial charge in [-0.15, -0.1) is 0 Å². The normalized spacial score (nSPS) is 33.3. The van der Waals surface area contributed by atoms with Crippen LogP contribution < -0.4 is 0 Å². The Bertz CT molecular complexity index is 278. The molecule has 0 radical (unpaired) electrons. The molecule has 2 atom stereocenters. The van der Waals surface area contributed by atoms with Crippen LogP contribution >= 0.6 is 0 Å². The van der Waals surface area contributed by atoms with Crippen LogP contribution in [0.15, 0.2) is 11.1 Å². The lowest BCUT2D eigenvalue weighted by Crippen LogP contribution is -2.38. The second-order valence-electron chi connectivity index (χ2n) is 4.77. The van der Waals surface area contributed by atoms with E-state index in [0.717, 1.165) is 12.8 Å². The van der Waals surface area contributed by atoms with E-state index < -0.39 is 11.4 Å². The molecule has 1 rings (SSSR count). The van der Waals surface area contributed by atoms with Crippen molar-refractivity contribution in [2.75, 3.05) is 0 Å². The van der Waals surface area contributed by atoms with Crippen LogP contribution in [0.4, 0.5) is 0 Å². The predicted molar refractivity (Wildman–Crippen MR) is 57.1 cm³/mol. The van der Waals surface area contributed by atoms with Crippen molar-refractivity contribution in [3.8, 4) is 0 Å². The van der Waals surface area contributed by atoms with Gasteiger partial charge in [-0.2, -0.15) is 0 Å². The summed E-state index contributed by atoms with van der Waals surface area (Å²) in [6.07, 6.45) is 2.62. The highest BCUT2D eigenvalue weighted by Crippen LogP contribution is 2.45. The number of aliphatic carboxylic acids is 1. The fraction of sp³-hybridized carbons (Fsp3) is 0.750. The van der Waals surface area contributed by atoms with E-state index in [1.165, 1.54) is 11.1 Å². The van der Waals surface area contributed by atoms with Crippen LogP contribution in [0.25, 0.3) is 0 Å². The summed E-state index contributed by atoms with van der Waals surface area (Å²) in [5, 5.41) is 9.28. The summed E-state index contributed by atoms with van der Waals surface area (Å²) in [4.78, 5) is 11.3. The maximum absolute atomic E-state index is 11.3. The molecule has 0 spiro atoms. The number of allylic oxidation sites excluding steroid dienone is 2. The molecule has 0 aromatic carbocycles. The van der Waals surface area contributed by atoms with Gasteiger partial charge in [-0.05, 0) is 39.5 Å². The van der Waals surface area contributed by atoms with Gasteiger partial charge in [0.25, 0.3) is 0 Å². The minimum atomic E-state index is -0.642.